The molecule has 0 spiro atoms. The first-order valence-electron chi connectivity index (χ1n) is 7.98. The van der Waals surface area contributed by atoms with Crippen molar-refractivity contribution < 1.29 is 8.83 Å². The molecule has 0 saturated carbocycles. The number of para-hydroxylation sites is 1. The molecule has 5 rings (SSSR count). The minimum Gasteiger partial charge on any atom is -0.461 e. The minimum absolute atomic E-state index is 0.215. The lowest BCUT2D eigenvalue weighted by molar-refractivity contribution is 0.574. The van der Waals surface area contributed by atoms with Gasteiger partial charge in [0, 0.05) is 5.39 Å². The highest BCUT2D eigenvalue weighted by molar-refractivity contribution is 7.98. The van der Waals surface area contributed by atoms with E-state index in [1.54, 1.807) is 18.2 Å². The highest BCUT2D eigenvalue weighted by Crippen LogP contribution is 2.26. The van der Waals surface area contributed by atoms with Gasteiger partial charge in [-0.2, -0.15) is 0 Å². The minimum atomic E-state index is -0.322. The van der Waals surface area contributed by atoms with E-state index in [9.17, 15) is 4.79 Å². The van der Waals surface area contributed by atoms with Crippen LogP contribution in [0.3, 0.4) is 0 Å². The second-order valence-corrected chi connectivity index (χ2v) is 6.67. The monoisotopic (exact) mass is 380 g/mol. The van der Waals surface area contributed by atoms with Gasteiger partial charge < -0.3 is 19.7 Å². The van der Waals surface area contributed by atoms with Crippen molar-refractivity contribution in [2.75, 3.05) is 5.84 Å². The van der Waals surface area contributed by atoms with Crippen LogP contribution in [0.5, 0.6) is 0 Å². The largest absolute Gasteiger partial charge is 0.461 e. The van der Waals surface area contributed by atoms with Gasteiger partial charge in [-0.25, -0.2) is 9.66 Å². The SMILES string of the molecule is Nn1c(SCc2nc3c(oc4ccccc43)c(=O)[nH]2)nnc1-c1ccco1. The number of nitrogen functional groups attached to an aromatic ring is 1. The molecule has 5 aromatic rings. The number of benzene rings is 1. The van der Waals surface area contributed by atoms with Gasteiger partial charge in [0.15, 0.2) is 5.76 Å². The Morgan fingerprint density at radius 2 is 2.07 bits per heavy atom. The topological polar surface area (TPSA) is 129 Å². The van der Waals surface area contributed by atoms with E-state index in [-0.39, 0.29) is 11.1 Å². The fourth-order valence-electron chi connectivity index (χ4n) is 2.80. The smallest absolute Gasteiger partial charge is 0.294 e. The van der Waals surface area contributed by atoms with Crippen molar-refractivity contribution in [3.8, 4) is 11.6 Å². The molecule has 3 N–H and O–H groups in total. The number of nitrogens with two attached hydrogens (primary N) is 1. The summed E-state index contributed by atoms with van der Waals surface area (Å²) in [6.45, 7) is 0. The molecule has 0 amide bonds. The zero-order valence-electron chi connectivity index (χ0n) is 13.7. The first-order valence-corrected chi connectivity index (χ1v) is 8.97. The van der Waals surface area contributed by atoms with Crippen LogP contribution in [0.15, 0.2) is 61.4 Å². The highest BCUT2D eigenvalue weighted by atomic mass is 32.2. The van der Waals surface area contributed by atoms with Crippen molar-refractivity contribution in [1.29, 1.82) is 0 Å². The molecule has 9 nitrogen and oxygen atoms in total. The van der Waals surface area contributed by atoms with Gasteiger partial charge in [0.25, 0.3) is 5.56 Å². The number of thioether (sulfide) groups is 1. The van der Waals surface area contributed by atoms with Crippen LogP contribution in [-0.2, 0) is 5.75 Å². The number of rotatable bonds is 4. The Morgan fingerprint density at radius 1 is 1.19 bits per heavy atom. The maximum absolute atomic E-state index is 12.3. The molecule has 0 fully saturated rings. The summed E-state index contributed by atoms with van der Waals surface area (Å²) in [4.78, 5) is 19.6. The fraction of sp³-hybridized carbons (Fsp3) is 0.0588. The van der Waals surface area contributed by atoms with Crippen molar-refractivity contribution in [3.63, 3.8) is 0 Å². The predicted octanol–water partition coefficient (Wildman–Crippen LogP) is 2.53. The number of H-pyrrole nitrogens is 1. The van der Waals surface area contributed by atoms with Gasteiger partial charge in [0.2, 0.25) is 16.6 Å². The number of aromatic nitrogens is 5. The van der Waals surface area contributed by atoms with Crippen LogP contribution in [0.1, 0.15) is 5.82 Å². The van der Waals surface area contributed by atoms with E-state index in [0.29, 0.717) is 39.4 Å². The summed E-state index contributed by atoms with van der Waals surface area (Å²) in [7, 11) is 0. The molecule has 10 heteroatoms. The van der Waals surface area contributed by atoms with E-state index in [1.165, 1.54) is 22.7 Å². The van der Waals surface area contributed by atoms with Crippen LogP contribution in [0.4, 0.5) is 0 Å². The van der Waals surface area contributed by atoms with E-state index in [1.807, 2.05) is 18.2 Å². The summed E-state index contributed by atoms with van der Waals surface area (Å²) < 4.78 is 12.2. The zero-order valence-corrected chi connectivity index (χ0v) is 14.6. The number of hydrogen-bond donors (Lipinski definition) is 2. The van der Waals surface area contributed by atoms with Crippen LogP contribution in [0.25, 0.3) is 33.7 Å². The molecular formula is C17H12N6O3S. The first-order chi connectivity index (χ1) is 13.2. The van der Waals surface area contributed by atoms with Gasteiger partial charge in [0.05, 0.1) is 12.0 Å². The van der Waals surface area contributed by atoms with Crippen LogP contribution in [-0.4, -0.2) is 24.8 Å². The molecular weight excluding hydrogens is 368 g/mol. The fourth-order valence-corrected chi connectivity index (χ4v) is 3.52. The summed E-state index contributed by atoms with van der Waals surface area (Å²) >= 11 is 1.30. The van der Waals surface area contributed by atoms with Crippen molar-refractivity contribution in [2.24, 2.45) is 0 Å². The van der Waals surface area contributed by atoms with Crippen molar-refractivity contribution in [1.82, 2.24) is 24.8 Å². The third-order valence-electron chi connectivity index (χ3n) is 4.02. The quantitative estimate of drug-likeness (QED) is 0.359. The van der Waals surface area contributed by atoms with Crippen LogP contribution >= 0.6 is 11.8 Å². The molecule has 134 valence electrons. The molecule has 0 aliphatic rings. The van der Waals surface area contributed by atoms with E-state index in [4.69, 9.17) is 14.7 Å². The lowest BCUT2D eigenvalue weighted by atomic mass is 10.2. The summed E-state index contributed by atoms with van der Waals surface area (Å²) in [5.74, 6) is 7.83. The average Bonchev–Trinajstić information content (AvgIpc) is 3.39. The van der Waals surface area contributed by atoms with Gasteiger partial charge in [-0.3, -0.25) is 4.79 Å². The Kier molecular flexibility index (Phi) is 3.50. The molecule has 0 bridgehead atoms. The molecule has 4 heterocycles. The summed E-state index contributed by atoms with van der Waals surface area (Å²) in [5, 5.41) is 9.37. The van der Waals surface area contributed by atoms with Crippen molar-refractivity contribution in [2.45, 2.75) is 10.9 Å². The van der Waals surface area contributed by atoms with E-state index >= 15 is 0 Å². The van der Waals surface area contributed by atoms with Gasteiger partial charge in [-0.1, -0.05) is 23.9 Å². The molecule has 0 aliphatic carbocycles. The Morgan fingerprint density at radius 3 is 2.93 bits per heavy atom. The van der Waals surface area contributed by atoms with E-state index in [0.717, 1.165) is 5.39 Å². The first kappa shape index (κ1) is 15.7. The molecule has 0 atom stereocenters. The van der Waals surface area contributed by atoms with Gasteiger partial charge >= 0.3 is 0 Å². The van der Waals surface area contributed by atoms with Gasteiger partial charge in [-0.05, 0) is 24.3 Å². The standard InChI is InChI=1S/C17H12N6O3S/c18-23-15(11-6-3-7-25-11)21-22-17(23)27-8-12-19-13-9-4-1-2-5-10(9)26-14(13)16(24)20-12/h1-7H,8,18H2,(H,19,20,24). The van der Waals surface area contributed by atoms with Crippen LogP contribution in [0.2, 0.25) is 0 Å². The third-order valence-corrected chi connectivity index (χ3v) is 4.98. The van der Waals surface area contributed by atoms with Crippen LogP contribution in [0, 0.1) is 0 Å². The Hall–Kier alpha value is -3.53. The second-order valence-electron chi connectivity index (χ2n) is 5.73. The lowest BCUT2D eigenvalue weighted by Crippen LogP contribution is -2.12. The van der Waals surface area contributed by atoms with E-state index < -0.39 is 0 Å². The highest BCUT2D eigenvalue weighted by Gasteiger charge is 2.16. The predicted molar refractivity (Wildman–Crippen MR) is 99.6 cm³/mol. The van der Waals surface area contributed by atoms with Crippen molar-refractivity contribution in [3.05, 3.63) is 58.8 Å². The maximum atomic E-state index is 12.3. The Balaban J connectivity index is 1.47. The van der Waals surface area contributed by atoms with Crippen molar-refractivity contribution >= 4 is 33.8 Å². The number of furan rings is 2. The van der Waals surface area contributed by atoms with Crippen LogP contribution < -0.4 is 11.4 Å². The Bertz CT molecular complexity index is 1320. The third kappa shape index (κ3) is 2.57. The van der Waals surface area contributed by atoms with Gasteiger partial charge in [0.1, 0.15) is 16.9 Å². The number of hydrogen-bond acceptors (Lipinski definition) is 8. The summed E-state index contributed by atoms with van der Waals surface area (Å²) in [5.41, 5.74) is 1.06. The summed E-state index contributed by atoms with van der Waals surface area (Å²) in [6, 6.07) is 10.9. The number of aromatic amines is 1. The molecule has 27 heavy (non-hydrogen) atoms. The van der Waals surface area contributed by atoms with Gasteiger partial charge in [-0.15, -0.1) is 10.2 Å². The average molecular weight is 380 g/mol. The summed E-state index contributed by atoms with van der Waals surface area (Å²) in [6.07, 6.45) is 1.54. The molecule has 4 aromatic heterocycles. The number of nitrogens with one attached hydrogen (secondary N) is 1. The van der Waals surface area contributed by atoms with E-state index in [2.05, 4.69) is 20.2 Å². The molecule has 1 aromatic carbocycles. The normalized spacial score (nSPS) is 11.6. The Labute approximate surface area is 155 Å². The maximum Gasteiger partial charge on any atom is 0.294 e. The number of nitrogens with zero attached hydrogens (tertiary/aromatic N) is 4. The number of fused-ring (bicyclic) bond motifs is 3. The second kappa shape index (κ2) is 6.02. The molecule has 0 radical (unpaired) electrons. The molecule has 0 aliphatic heterocycles. The lowest BCUT2D eigenvalue weighted by Gasteiger charge is -2.02. The molecule has 0 saturated heterocycles. The molecule has 0 unspecified atom stereocenters. The zero-order chi connectivity index (χ0) is 18.4.